The fraction of sp³-hybridized carbons (Fsp3) is 0.429. The molecule has 0 atom stereocenters. The van der Waals surface area contributed by atoms with Crippen LogP contribution >= 0.6 is 0 Å². The van der Waals surface area contributed by atoms with Gasteiger partial charge in [-0.25, -0.2) is 9.59 Å². The van der Waals surface area contributed by atoms with Crippen molar-refractivity contribution in [2.75, 3.05) is 12.4 Å². The minimum absolute atomic E-state index is 0.299. The summed E-state index contributed by atoms with van der Waals surface area (Å²) < 4.78 is 9.82. The van der Waals surface area contributed by atoms with Crippen molar-refractivity contribution in [2.24, 2.45) is 0 Å². The van der Waals surface area contributed by atoms with Crippen molar-refractivity contribution in [2.45, 2.75) is 33.3 Å². The van der Waals surface area contributed by atoms with Gasteiger partial charge in [-0.15, -0.1) is 0 Å². The molecule has 5 heteroatoms. The zero-order chi connectivity index (χ0) is 14.6. The van der Waals surface area contributed by atoms with Crippen LogP contribution in [0.5, 0.6) is 0 Å². The van der Waals surface area contributed by atoms with Crippen LogP contribution in [-0.2, 0) is 9.47 Å². The standard InChI is InChI=1S/C14H19NO4/c1-9-6-7-11(10(8-9)12(16)18-5)15-13(17)19-14(2,3)4/h6-8H,1-5H3,(H,15,17). The van der Waals surface area contributed by atoms with Gasteiger partial charge in [0.15, 0.2) is 0 Å². The van der Waals surface area contributed by atoms with Crippen LogP contribution in [-0.4, -0.2) is 24.8 Å². The largest absolute Gasteiger partial charge is 0.465 e. The minimum Gasteiger partial charge on any atom is -0.465 e. The molecule has 19 heavy (non-hydrogen) atoms. The average Bonchev–Trinajstić information content (AvgIpc) is 2.28. The summed E-state index contributed by atoms with van der Waals surface area (Å²) in [5.74, 6) is -0.505. The van der Waals surface area contributed by atoms with E-state index in [4.69, 9.17) is 4.74 Å². The second-order valence-corrected chi connectivity index (χ2v) is 5.17. The molecule has 0 fully saturated rings. The second kappa shape index (κ2) is 5.73. The predicted molar refractivity (Wildman–Crippen MR) is 72.4 cm³/mol. The van der Waals surface area contributed by atoms with E-state index in [1.54, 1.807) is 39.0 Å². The molecule has 0 saturated heterocycles. The number of hydrogen-bond acceptors (Lipinski definition) is 4. The molecule has 1 rings (SSSR count). The molecule has 5 nitrogen and oxygen atoms in total. The number of hydrogen-bond donors (Lipinski definition) is 1. The molecule has 0 aliphatic rings. The summed E-state index contributed by atoms with van der Waals surface area (Å²) >= 11 is 0. The van der Waals surface area contributed by atoms with Crippen LogP contribution in [0.2, 0.25) is 0 Å². The highest BCUT2D eigenvalue weighted by atomic mass is 16.6. The van der Waals surface area contributed by atoms with E-state index in [2.05, 4.69) is 10.1 Å². The molecule has 1 aromatic carbocycles. The van der Waals surface area contributed by atoms with Crippen LogP contribution in [0, 0.1) is 6.92 Å². The van der Waals surface area contributed by atoms with Crippen molar-refractivity contribution in [1.82, 2.24) is 0 Å². The molecule has 1 amide bonds. The molecular formula is C14H19NO4. The van der Waals surface area contributed by atoms with Gasteiger partial charge in [0, 0.05) is 0 Å². The van der Waals surface area contributed by atoms with E-state index in [-0.39, 0.29) is 0 Å². The highest BCUT2D eigenvalue weighted by Gasteiger charge is 2.19. The maximum atomic E-state index is 11.7. The summed E-state index contributed by atoms with van der Waals surface area (Å²) in [6.45, 7) is 7.15. The minimum atomic E-state index is -0.610. The molecule has 0 saturated carbocycles. The molecule has 0 aromatic heterocycles. The molecule has 0 spiro atoms. The van der Waals surface area contributed by atoms with Gasteiger partial charge in [-0.05, 0) is 39.8 Å². The Labute approximate surface area is 112 Å². The Balaban J connectivity index is 2.95. The molecule has 0 bridgehead atoms. The average molecular weight is 265 g/mol. The van der Waals surface area contributed by atoms with Crippen LogP contribution in [0.4, 0.5) is 10.5 Å². The molecule has 0 unspecified atom stereocenters. The summed E-state index contributed by atoms with van der Waals surface area (Å²) in [4.78, 5) is 23.3. The number of carbonyl (C=O) groups excluding carboxylic acids is 2. The summed E-state index contributed by atoms with van der Waals surface area (Å²) in [6, 6.07) is 5.09. The van der Waals surface area contributed by atoms with E-state index in [1.807, 2.05) is 6.92 Å². The summed E-state index contributed by atoms with van der Waals surface area (Å²) in [5, 5.41) is 2.55. The summed E-state index contributed by atoms with van der Waals surface area (Å²) in [7, 11) is 1.29. The lowest BCUT2D eigenvalue weighted by Gasteiger charge is -2.20. The first-order valence-electron chi connectivity index (χ1n) is 5.92. The molecule has 104 valence electrons. The number of benzene rings is 1. The Hall–Kier alpha value is -2.04. The molecule has 0 aliphatic heterocycles. The number of esters is 1. The predicted octanol–water partition coefficient (Wildman–Crippen LogP) is 3.13. The van der Waals surface area contributed by atoms with E-state index in [0.717, 1.165) is 5.56 Å². The molecule has 1 aromatic rings. The highest BCUT2D eigenvalue weighted by Crippen LogP contribution is 2.19. The number of amides is 1. The number of nitrogens with one attached hydrogen (secondary N) is 1. The van der Waals surface area contributed by atoms with Crippen LogP contribution in [0.1, 0.15) is 36.7 Å². The monoisotopic (exact) mass is 265 g/mol. The van der Waals surface area contributed by atoms with E-state index in [0.29, 0.717) is 11.3 Å². The lowest BCUT2D eigenvalue weighted by atomic mass is 10.1. The van der Waals surface area contributed by atoms with Crippen molar-refractivity contribution >= 4 is 17.7 Å². The SMILES string of the molecule is COC(=O)c1cc(C)ccc1NC(=O)OC(C)(C)C. The maximum Gasteiger partial charge on any atom is 0.412 e. The fourth-order valence-corrected chi connectivity index (χ4v) is 1.46. The zero-order valence-corrected chi connectivity index (χ0v) is 11.9. The number of carbonyl (C=O) groups is 2. The number of anilines is 1. The van der Waals surface area contributed by atoms with Crippen molar-refractivity contribution in [3.05, 3.63) is 29.3 Å². The van der Waals surface area contributed by atoms with Gasteiger partial charge in [0.1, 0.15) is 5.60 Å². The van der Waals surface area contributed by atoms with Crippen LogP contribution in [0.3, 0.4) is 0 Å². The second-order valence-electron chi connectivity index (χ2n) is 5.17. The Morgan fingerprint density at radius 3 is 2.37 bits per heavy atom. The summed E-state index contributed by atoms with van der Waals surface area (Å²) in [6.07, 6.45) is -0.610. The van der Waals surface area contributed by atoms with E-state index in [1.165, 1.54) is 7.11 Å². The number of rotatable bonds is 2. The van der Waals surface area contributed by atoms with Crippen LogP contribution in [0.25, 0.3) is 0 Å². The molecular weight excluding hydrogens is 246 g/mol. The van der Waals surface area contributed by atoms with Gasteiger partial charge in [-0.3, -0.25) is 5.32 Å². The molecule has 0 heterocycles. The highest BCUT2D eigenvalue weighted by molar-refractivity contribution is 5.99. The molecule has 0 radical (unpaired) electrons. The van der Waals surface area contributed by atoms with Gasteiger partial charge >= 0.3 is 12.1 Å². The first kappa shape index (κ1) is 15.0. The quantitative estimate of drug-likeness (QED) is 0.834. The fourth-order valence-electron chi connectivity index (χ4n) is 1.46. The topological polar surface area (TPSA) is 64.6 Å². The Bertz CT molecular complexity index is 489. The van der Waals surface area contributed by atoms with Crippen LogP contribution in [0.15, 0.2) is 18.2 Å². The molecule has 1 N–H and O–H groups in total. The van der Waals surface area contributed by atoms with Crippen LogP contribution < -0.4 is 5.32 Å². The number of aryl methyl sites for hydroxylation is 1. The third-order valence-electron chi connectivity index (χ3n) is 2.22. The lowest BCUT2D eigenvalue weighted by Crippen LogP contribution is -2.27. The maximum absolute atomic E-state index is 11.7. The Morgan fingerprint density at radius 2 is 1.84 bits per heavy atom. The van der Waals surface area contributed by atoms with Crippen molar-refractivity contribution in [3.63, 3.8) is 0 Å². The van der Waals surface area contributed by atoms with E-state index in [9.17, 15) is 9.59 Å². The van der Waals surface area contributed by atoms with Gasteiger partial charge in [0.2, 0.25) is 0 Å². The van der Waals surface area contributed by atoms with Crippen molar-refractivity contribution in [3.8, 4) is 0 Å². The smallest absolute Gasteiger partial charge is 0.412 e. The van der Waals surface area contributed by atoms with E-state index >= 15 is 0 Å². The first-order valence-corrected chi connectivity index (χ1v) is 5.92. The Kier molecular flexibility index (Phi) is 4.53. The lowest BCUT2D eigenvalue weighted by molar-refractivity contribution is 0.0601. The first-order chi connectivity index (χ1) is 8.73. The summed E-state index contributed by atoms with van der Waals surface area (Å²) in [5.41, 5.74) is 0.968. The Morgan fingerprint density at radius 1 is 1.21 bits per heavy atom. The van der Waals surface area contributed by atoms with Gasteiger partial charge < -0.3 is 9.47 Å². The normalized spacial score (nSPS) is 10.8. The van der Waals surface area contributed by atoms with Gasteiger partial charge in [0.05, 0.1) is 18.4 Å². The number of methoxy groups -OCH3 is 1. The van der Waals surface area contributed by atoms with Crippen molar-refractivity contribution < 1.29 is 19.1 Å². The van der Waals surface area contributed by atoms with Gasteiger partial charge in [-0.1, -0.05) is 11.6 Å². The third-order valence-corrected chi connectivity index (χ3v) is 2.22. The van der Waals surface area contributed by atoms with Crippen molar-refractivity contribution in [1.29, 1.82) is 0 Å². The van der Waals surface area contributed by atoms with Gasteiger partial charge in [0.25, 0.3) is 0 Å². The van der Waals surface area contributed by atoms with Gasteiger partial charge in [-0.2, -0.15) is 0 Å². The molecule has 0 aliphatic carbocycles. The third kappa shape index (κ3) is 4.62. The number of ether oxygens (including phenoxy) is 2. The zero-order valence-electron chi connectivity index (χ0n) is 11.9. The van der Waals surface area contributed by atoms with E-state index < -0.39 is 17.7 Å².